The number of thiophene rings is 3. The van der Waals surface area contributed by atoms with Crippen LogP contribution in [0.3, 0.4) is 0 Å². The molecule has 0 bridgehead atoms. The van der Waals surface area contributed by atoms with Gasteiger partial charge in [0.25, 0.3) is 0 Å². The number of rotatable bonds is 3. The Balaban J connectivity index is 1.35. The summed E-state index contributed by atoms with van der Waals surface area (Å²) in [6, 6.07) is 50.8. The van der Waals surface area contributed by atoms with Crippen molar-refractivity contribution in [3.8, 4) is 0 Å². The lowest BCUT2D eigenvalue weighted by Gasteiger charge is -2.27. The highest BCUT2D eigenvalue weighted by molar-refractivity contribution is 7.27. The van der Waals surface area contributed by atoms with E-state index >= 15 is 0 Å². The van der Waals surface area contributed by atoms with Gasteiger partial charge in [-0.3, -0.25) is 0 Å². The van der Waals surface area contributed by atoms with Crippen molar-refractivity contribution in [2.24, 2.45) is 0 Å². The number of para-hydroxylation sites is 1. The topological polar surface area (TPSA) is 16.4 Å². The first-order chi connectivity index (χ1) is 23.3. The van der Waals surface area contributed by atoms with E-state index in [0.29, 0.717) is 0 Å². The molecule has 0 unspecified atom stereocenters. The highest BCUT2D eigenvalue weighted by Gasteiger charge is 2.27. The van der Waals surface area contributed by atoms with E-state index in [-0.39, 0.29) is 0 Å². The first kappa shape index (κ1) is 25.9. The molecule has 0 amide bonds. The minimum atomic E-state index is 0.909. The summed E-state index contributed by atoms with van der Waals surface area (Å²) in [7, 11) is 0. The largest absolute Gasteiger partial charge is 0.455 e. The minimum Gasteiger partial charge on any atom is -0.455 e. The molecule has 0 fully saturated rings. The van der Waals surface area contributed by atoms with Gasteiger partial charge in [0.05, 0.1) is 31.8 Å². The van der Waals surface area contributed by atoms with Crippen LogP contribution in [0.2, 0.25) is 0 Å². The first-order valence-corrected chi connectivity index (χ1v) is 18.1. The van der Waals surface area contributed by atoms with Gasteiger partial charge in [0.1, 0.15) is 11.2 Å². The third-order valence-electron chi connectivity index (χ3n) is 9.46. The Kier molecular flexibility index (Phi) is 5.33. The maximum atomic E-state index is 6.85. The van der Waals surface area contributed by atoms with Crippen LogP contribution in [-0.4, -0.2) is 0 Å². The van der Waals surface area contributed by atoms with Crippen molar-refractivity contribution in [2.45, 2.75) is 0 Å². The van der Waals surface area contributed by atoms with E-state index < -0.39 is 0 Å². The number of nitrogens with zero attached hydrogens (tertiary/aromatic N) is 1. The number of furan rings is 1. The molecule has 5 heteroatoms. The van der Waals surface area contributed by atoms with Gasteiger partial charge in [-0.2, -0.15) is 0 Å². The van der Waals surface area contributed by atoms with E-state index in [2.05, 4.69) is 144 Å². The van der Waals surface area contributed by atoms with Gasteiger partial charge >= 0.3 is 0 Å². The predicted molar refractivity (Wildman–Crippen MR) is 207 cm³/mol. The van der Waals surface area contributed by atoms with Crippen molar-refractivity contribution in [1.29, 1.82) is 0 Å². The molecule has 0 aliphatic rings. The van der Waals surface area contributed by atoms with E-state index in [1.165, 1.54) is 71.9 Å². The van der Waals surface area contributed by atoms with Crippen molar-refractivity contribution in [3.05, 3.63) is 140 Å². The van der Waals surface area contributed by atoms with Crippen molar-refractivity contribution in [3.63, 3.8) is 0 Å². The van der Waals surface area contributed by atoms with Crippen LogP contribution in [-0.2, 0) is 0 Å². The molecule has 220 valence electrons. The third-order valence-corrected chi connectivity index (χ3v) is 13.0. The van der Waals surface area contributed by atoms with Crippen molar-refractivity contribution >= 4 is 134 Å². The van der Waals surface area contributed by atoms with Crippen LogP contribution in [0.15, 0.2) is 144 Å². The zero-order chi connectivity index (χ0) is 30.6. The fourth-order valence-corrected chi connectivity index (χ4v) is 11.0. The summed E-state index contributed by atoms with van der Waals surface area (Å²) in [6.07, 6.45) is 0. The molecule has 11 aromatic rings. The van der Waals surface area contributed by atoms with Crippen LogP contribution in [0.1, 0.15) is 0 Å². The normalized spacial score (nSPS) is 12.3. The smallest absolute Gasteiger partial charge is 0.146 e. The molecule has 4 aromatic heterocycles. The molecule has 0 radical (unpaired) electrons. The monoisotopic (exact) mass is 653 g/mol. The summed E-state index contributed by atoms with van der Waals surface area (Å²) in [6.45, 7) is 0. The van der Waals surface area contributed by atoms with Crippen molar-refractivity contribution in [1.82, 2.24) is 0 Å². The van der Waals surface area contributed by atoms with Gasteiger partial charge in [0.15, 0.2) is 0 Å². The van der Waals surface area contributed by atoms with Crippen molar-refractivity contribution < 1.29 is 4.42 Å². The van der Waals surface area contributed by atoms with E-state index in [9.17, 15) is 0 Å². The molecule has 0 spiro atoms. The van der Waals surface area contributed by atoms with E-state index in [4.69, 9.17) is 4.42 Å². The van der Waals surface area contributed by atoms with Gasteiger partial charge in [0, 0.05) is 56.5 Å². The molecule has 0 aliphatic carbocycles. The summed E-state index contributed by atoms with van der Waals surface area (Å²) >= 11 is 5.59. The standard InChI is InChI=1S/C42H23NOS3/c1-5-19-33-28(13-1)38-32(23-37-39(40(38)44-33)29-14-4-8-22-36(29)45-37)43(30-17-9-15-26-24-11-2-6-20-34(24)46-41(26)30)31-18-10-16-27-25-12-3-7-21-35(25)47-42(27)31/h1-23H. The average molecular weight is 654 g/mol. The quantitative estimate of drug-likeness (QED) is 0.189. The minimum absolute atomic E-state index is 0.909. The number of hydrogen-bond donors (Lipinski definition) is 0. The Morgan fingerprint density at radius 3 is 1.53 bits per heavy atom. The van der Waals surface area contributed by atoms with E-state index in [0.717, 1.165) is 27.6 Å². The first-order valence-electron chi connectivity index (χ1n) is 15.7. The Bertz CT molecular complexity index is 2930. The molecule has 47 heavy (non-hydrogen) atoms. The molecule has 7 aromatic carbocycles. The van der Waals surface area contributed by atoms with Crippen LogP contribution >= 0.6 is 34.0 Å². The predicted octanol–water partition coefficient (Wildman–Crippen LogP) is 14.2. The number of fused-ring (bicyclic) bond motifs is 13. The summed E-state index contributed by atoms with van der Waals surface area (Å²) in [4.78, 5) is 2.53. The van der Waals surface area contributed by atoms with E-state index in [1.807, 2.05) is 34.0 Å². The molecule has 2 nitrogen and oxygen atoms in total. The second kappa shape index (κ2) is 9.66. The second-order valence-electron chi connectivity index (χ2n) is 12.0. The fraction of sp³-hybridized carbons (Fsp3) is 0. The van der Waals surface area contributed by atoms with Crippen molar-refractivity contribution in [2.75, 3.05) is 4.90 Å². The van der Waals surface area contributed by atoms with Crippen LogP contribution in [0.25, 0.3) is 82.5 Å². The summed E-state index contributed by atoms with van der Waals surface area (Å²) in [5.41, 5.74) is 5.36. The maximum absolute atomic E-state index is 6.85. The molecular weight excluding hydrogens is 631 g/mol. The molecule has 0 atom stereocenters. The highest BCUT2D eigenvalue weighted by Crippen LogP contribution is 2.53. The van der Waals surface area contributed by atoms with Crippen LogP contribution in [0.4, 0.5) is 17.1 Å². The SMILES string of the molecule is c1ccc2c(c1)oc1c2c(N(c2cccc3c2sc2ccccc23)c2cccc3c2sc2ccccc23)cc2sc3ccccc3c21. The Hall–Kier alpha value is -5.20. The average Bonchev–Trinajstić information content (AvgIpc) is 3.88. The maximum Gasteiger partial charge on any atom is 0.146 e. The number of hydrogen-bond acceptors (Lipinski definition) is 5. The molecule has 0 saturated heterocycles. The zero-order valence-corrected chi connectivity index (χ0v) is 27.3. The van der Waals surface area contributed by atoms with Gasteiger partial charge in [-0.1, -0.05) is 97.1 Å². The van der Waals surface area contributed by atoms with E-state index in [1.54, 1.807) is 0 Å². The van der Waals surface area contributed by atoms with Gasteiger partial charge < -0.3 is 9.32 Å². The lowest BCUT2D eigenvalue weighted by atomic mass is 10.0. The molecule has 0 saturated carbocycles. The van der Waals surface area contributed by atoms with Crippen LogP contribution < -0.4 is 4.90 Å². The molecule has 4 heterocycles. The zero-order valence-electron chi connectivity index (χ0n) is 24.9. The Labute approximate surface area is 280 Å². The lowest BCUT2D eigenvalue weighted by Crippen LogP contribution is -2.10. The fourth-order valence-electron chi connectivity index (χ4n) is 7.45. The summed E-state index contributed by atoms with van der Waals surface area (Å²) in [5.74, 6) is 0. The third kappa shape index (κ3) is 3.59. The summed E-state index contributed by atoms with van der Waals surface area (Å²) < 4.78 is 14.5. The summed E-state index contributed by atoms with van der Waals surface area (Å²) in [5, 5.41) is 9.88. The Morgan fingerprint density at radius 1 is 0.383 bits per heavy atom. The highest BCUT2D eigenvalue weighted by atomic mass is 32.1. The van der Waals surface area contributed by atoms with Gasteiger partial charge in [-0.15, -0.1) is 34.0 Å². The second-order valence-corrected chi connectivity index (χ2v) is 15.2. The lowest BCUT2D eigenvalue weighted by molar-refractivity contribution is 0.673. The molecule has 0 N–H and O–H groups in total. The number of benzene rings is 7. The number of anilines is 3. The van der Waals surface area contributed by atoms with Crippen LogP contribution in [0, 0.1) is 0 Å². The molecule has 0 aliphatic heterocycles. The van der Waals surface area contributed by atoms with Gasteiger partial charge in [-0.25, -0.2) is 0 Å². The Morgan fingerprint density at radius 2 is 0.894 bits per heavy atom. The molecule has 11 rings (SSSR count). The van der Waals surface area contributed by atoms with Crippen LogP contribution in [0.5, 0.6) is 0 Å². The van der Waals surface area contributed by atoms with Gasteiger partial charge in [0.2, 0.25) is 0 Å². The molecular formula is C42H23NOS3. The van der Waals surface area contributed by atoms with Gasteiger partial charge in [-0.05, 0) is 42.5 Å².